The number of alkyl halides is 2. The first-order chi connectivity index (χ1) is 10.9. The zero-order valence-electron chi connectivity index (χ0n) is 12.7. The van der Waals surface area contributed by atoms with Crippen LogP contribution in [0.15, 0.2) is 21.1 Å². The number of amides is 1. The predicted octanol–water partition coefficient (Wildman–Crippen LogP) is 1.91. The third-order valence-electron chi connectivity index (χ3n) is 3.68. The number of aromatic nitrogens is 2. The molecule has 23 heavy (non-hydrogen) atoms. The van der Waals surface area contributed by atoms with Crippen LogP contribution in [0.1, 0.15) is 40.5 Å². The molecule has 1 atom stereocenters. The van der Waals surface area contributed by atoms with Crippen molar-refractivity contribution in [1.29, 1.82) is 0 Å². The molecule has 2 aromatic heterocycles. The van der Waals surface area contributed by atoms with E-state index in [2.05, 4.69) is 15.5 Å². The van der Waals surface area contributed by atoms with E-state index in [1.54, 1.807) is 19.1 Å². The number of aryl methyl sites for hydroxylation is 1. The fourth-order valence-corrected chi connectivity index (χ4v) is 2.64. The van der Waals surface area contributed by atoms with E-state index in [4.69, 9.17) is 8.94 Å². The van der Waals surface area contributed by atoms with Crippen molar-refractivity contribution in [3.63, 3.8) is 0 Å². The summed E-state index contributed by atoms with van der Waals surface area (Å²) in [5.74, 6) is -2.28. The van der Waals surface area contributed by atoms with Gasteiger partial charge in [-0.15, -0.1) is 0 Å². The maximum atomic E-state index is 13.8. The van der Waals surface area contributed by atoms with Crippen LogP contribution in [-0.2, 0) is 6.54 Å². The Kier molecular flexibility index (Phi) is 3.88. The standard InChI is InChI=1S/C14H16F2N4O3/c1-8-3-4-9(22-8)6-20-7-14(15,16)5-10(20)13-18-11(19-23-13)12(21)17-2/h3-4,10H,5-7H2,1-2H3,(H,17,21)/t10-/m0/s1. The minimum atomic E-state index is -2.87. The van der Waals surface area contributed by atoms with E-state index in [1.165, 1.54) is 11.9 Å². The summed E-state index contributed by atoms with van der Waals surface area (Å²) in [4.78, 5) is 16.9. The molecule has 124 valence electrons. The van der Waals surface area contributed by atoms with Crippen molar-refractivity contribution in [2.45, 2.75) is 31.9 Å². The van der Waals surface area contributed by atoms with Gasteiger partial charge in [0.05, 0.1) is 19.1 Å². The van der Waals surface area contributed by atoms with Crippen LogP contribution in [-0.4, -0.2) is 40.5 Å². The Morgan fingerprint density at radius 1 is 1.52 bits per heavy atom. The minimum absolute atomic E-state index is 0.00375. The van der Waals surface area contributed by atoms with E-state index in [-0.39, 0.29) is 18.3 Å². The average Bonchev–Trinajstić information content (AvgIpc) is 3.18. The lowest BCUT2D eigenvalue weighted by Crippen LogP contribution is -2.26. The number of carbonyl (C=O) groups excluding carboxylic acids is 1. The summed E-state index contributed by atoms with van der Waals surface area (Å²) in [6.45, 7) is 1.55. The van der Waals surface area contributed by atoms with Crippen LogP contribution in [0.5, 0.6) is 0 Å². The normalized spacial score (nSPS) is 20.8. The Morgan fingerprint density at radius 3 is 2.96 bits per heavy atom. The van der Waals surface area contributed by atoms with E-state index in [0.717, 1.165) is 0 Å². The molecule has 1 aliphatic heterocycles. The van der Waals surface area contributed by atoms with E-state index in [1.807, 2.05) is 0 Å². The summed E-state index contributed by atoms with van der Waals surface area (Å²) >= 11 is 0. The number of rotatable bonds is 4. The lowest BCUT2D eigenvalue weighted by atomic mass is 10.2. The second-order valence-corrected chi connectivity index (χ2v) is 5.53. The van der Waals surface area contributed by atoms with Gasteiger partial charge in [-0.25, -0.2) is 8.78 Å². The molecule has 9 heteroatoms. The smallest absolute Gasteiger partial charge is 0.292 e. The van der Waals surface area contributed by atoms with Gasteiger partial charge in [0, 0.05) is 13.5 Å². The molecule has 7 nitrogen and oxygen atoms in total. The van der Waals surface area contributed by atoms with Gasteiger partial charge in [-0.1, -0.05) is 5.16 Å². The van der Waals surface area contributed by atoms with Crippen molar-refractivity contribution < 1.29 is 22.5 Å². The first-order valence-corrected chi connectivity index (χ1v) is 7.11. The molecule has 1 N–H and O–H groups in total. The number of nitrogens with one attached hydrogen (secondary N) is 1. The van der Waals surface area contributed by atoms with E-state index in [0.29, 0.717) is 11.5 Å². The topological polar surface area (TPSA) is 84.4 Å². The number of hydrogen-bond acceptors (Lipinski definition) is 6. The number of nitrogens with zero attached hydrogens (tertiary/aromatic N) is 3. The van der Waals surface area contributed by atoms with E-state index < -0.39 is 30.8 Å². The molecule has 1 saturated heterocycles. The van der Waals surface area contributed by atoms with Gasteiger partial charge in [0.2, 0.25) is 5.89 Å². The summed E-state index contributed by atoms with van der Waals surface area (Å²) in [7, 11) is 1.42. The number of furan rings is 1. The van der Waals surface area contributed by atoms with Gasteiger partial charge in [-0.3, -0.25) is 9.69 Å². The molecule has 0 aromatic carbocycles. The highest BCUT2D eigenvalue weighted by atomic mass is 19.3. The zero-order chi connectivity index (χ0) is 16.6. The molecule has 0 aliphatic carbocycles. The van der Waals surface area contributed by atoms with Gasteiger partial charge in [-0.05, 0) is 19.1 Å². The van der Waals surface area contributed by atoms with Crippen molar-refractivity contribution in [3.05, 3.63) is 35.4 Å². The number of hydrogen-bond donors (Lipinski definition) is 1. The highest BCUT2D eigenvalue weighted by Gasteiger charge is 2.48. The van der Waals surface area contributed by atoms with Crippen LogP contribution in [0.2, 0.25) is 0 Å². The highest BCUT2D eigenvalue weighted by Crippen LogP contribution is 2.41. The lowest BCUT2D eigenvalue weighted by Gasteiger charge is -2.19. The molecule has 3 heterocycles. The summed E-state index contributed by atoms with van der Waals surface area (Å²) in [5.41, 5.74) is 0. The van der Waals surface area contributed by atoms with Crippen molar-refractivity contribution in [1.82, 2.24) is 20.4 Å². The minimum Gasteiger partial charge on any atom is -0.465 e. The Morgan fingerprint density at radius 2 is 2.30 bits per heavy atom. The van der Waals surface area contributed by atoms with Crippen LogP contribution < -0.4 is 5.32 Å². The molecule has 2 aromatic rings. The fraction of sp³-hybridized carbons (Fsp3) is 0.500. The van der Waals surface area contributed by atoms with Gasteiger partial charge in [0.25, 0.3) is 17.7 Å². The molecule has 0 saturated carbocycles. The zero-order valence-corrected chi connectivity index (χ0v) is 12.7. The number of likely N-dealkylation sites (tertiary alicyclic amines) is 1. The first-order valence-electron chi connectivity index (χ1n) is 7.11. The Balaban J connectivity index is 1.82. The van der Waals surface area contributed by atoms with Gasteiger partial charge in [-0.2, -0.15) is 4.98 Å². The molecule has 0 unspecified atom stereocenters. The Labute approximate surface area is 130 Å². The van der Waals surface area contributed by atoms with Crippen LogP contribution in [0.4, 0.5) is 8.78 Å². The molecule has 1 fully saturated rings. The third-order valence-corrected chi connectivity index (χ3v) is 3.68. The summed E-state index contributed by atoms with van der Waals surface area (Å²) in [5, 5.41) is 5.89. The quantitative estimate of drug-likeness (QED) is 0.924. The second-order valence-electron chi connectivity index (χ2n) is 5.53. The Hall–Kier alpha value is -2.29. The monoisotopic (exact) mass is 326 g/mol. The molecular weight excluding hydrogens is 310 g/mol. The van der Waals surface area contributed by atoms with Gasteiger partial charge < -0.3 is 14.3 Å². The molecule has 0 bridgehead atoms. The fourth-order valence-electron chi connectivity index (χ4n) is 2.64. The van der Waals surface area contributed by atoms with Crippen molar-refractivity contribution >= 4 is 5.91 Å². The molecule has 3 rings (SSSR count). The van der Waals surface area contributed by atoms with Crippen LogP contribution >= 0.6 is 0 Å². The number of halogens is 2. The lowest BCUT2D eigenvalue weighted by molar-refractivity contribution is 0.0107. The first kappa shape index (κ1) is 15.6. The van der Waals surface area contributed by atoms with Gasteiger partial charge in [0.15, 0.2) is 0 Å². The summed E-state index contributed by atoms with van der Waals surface area (Å²) in [6.07, 6.45) is -0.442. The highest BCUT2D eigenvalue weighted by molar-refractivity contribution is 5.89. The molecular formula is C14H16F2N4O3. The van der Waals surface area contributed by atoms with E-state index >= 15 is 0 Å². The van der Waals surface area contributed by atoms with Crippen molar-refractivity contribution in [2.75, 3.05) is 13.6 Å². The third kappa shape index (κ3) is 3.24. The van der Waals surface area contributed by atoms with Crippen LogP contribution in [0.3, 0.4) is 0 Å². The SMILES string of the molecule is CNC(=O)c1noc([C@@H]2CC(F)(F)CN2Cc2ccc(C)o2)n1. The molecule has 0 spiro atoms. The molecule has 1 aliphatic rings. The maximum absolute atomic E-state index is 13.8. The largest absolute Gasteiger partial charge is 0.465 e. The maximum Gasteiger partial charge on any atom is 0.292 e. The average molecular weight is 326 g/mol. The summed E-state index contributed by atoms with van der Waals surface area (Å²) in [6, 6.07) is 2.75. The van der Waals surface area contributed by atoms with Crippen LogP contribution in [0, 0.1) is 6.92 Å². The predicted molar refractivity (Wildman–Crippen MR) is 73.8 cm³/mol. The summed E-state index contributed by atoms with van der Waals surface area (Å²) < 4.78 is 38.1. The van der Waals surface area contributed by atoms with Crippen LogP contribution in [0.25, 0.3) is 0 Å². The van der Waals surface area contributed by atoms with Crippen molar-refractivity contribution in [2.24, 2.45) is 0 Å². The Bertz CT molecular complexity index is 712. The molecule has 1 amide bonds. The molecule has 0 radical (unpaired) electrons. The second kappa shape index (κ2) is 5.73. The van der Waals surface area contributed by atoms with Gasteiger partial charge >= 0.3 is 0 Å². The van der Waals surface area contributed by atoms with Gasteiger partial charge in [0.1, 0.15) is 11.5 Å². The number of carbonyl (C=O) groups is 1. The van der Waals surface area contributed by atoms with E-state index in [9.17, 15) is 13.6 Å². The van der Waals surface area contributed by atoms with Crippen molar-refractivity contribution in [3.8, 4) is 0 Å².